The third-order valence-electron chi connectivity index (χ3n) is 2.58. The molecular formula is C14H10FNO4. The van der Waals surface area contributed by atoms with Crippen LogP contribution in [0.25, 0.3) is 0 Å². The van der Waals surface area contributed by atoms with E-state index in [1.807, 2.05) is 0 Å². The van der Waals surface area contributed by atoms with Gasteiger partial charge in [-0.1, -0.05) is 6.07 Å². The van der Waals surface area contributed by atoms with Crippen LogP contribution < -0.4 is 5.32 Å². The normalized spacial score (nSPS) is 10.1. The van der Waals surface area contributed by atoms with Crippen molar-refractivity contribution in [1.82, 2.24) is 0 Å². The van der Waals surface area contributed by atoms with Crippen molar-refractivity contribution < 1.29 is 24.2 Å². The predicted molar refractivity (Wildman–Crippen MR) is 69.4 cm³/mol. The lowest BCUT2D eigenvalue weighted by Crippen LogP contribution is -2.12. The van der Waals surface area contributed by atoms with Gasteiger partial charge in [-0.2, -0.15) is 0 Å². The molecule has 0 saturated carbocycles. The number of phenolic OH excluding ortho intramolecular Hbond substituents is 1. The number of nitrogens with one attached hydrogen (secondary N) is 1. The summed E-state index contributed by atoms with van der Waals surface area (Å²) in [6.07, 6.45) is 0. The summed E-state index contributed by atoms with van der Waals surface area (Å²) in [5.41, 5.74) is -0.0818. The highest BCUT2D eigenvalue weighted by atomic mass is 19.1. The van der Waals surface area contributed by atoms with Crippen molar-refractivity contribution in [2.75, 3.05) is 5.32 Å². The first kappa shape index (κ1) is 13.5. The lowest BCUT2D eigenvalue weighted by atomic mass is 10.1. The maximum atomic E-state index is 13.0. The van der Waals surface area contributed by atoms with Crippen LogP contribution in [-0.2, 0) is 0 Å². The molecule has 0 aromatic heterocycles. The quantitative estimate of drug-likeness (QED) is 0.751. The summed E-state index contributed by atoms with van der Waals surface area (Å²) < 4.78 is 13.0. The smallest absolute Gasteiger partial charge is 0.335 e. The molecule has 0 aliphatic carbocycles. The van der Waals surface area contributed by atoms with Gasteiger partial charge in [0.15, 0.2) is 0 Å². The molecule has 0 aliphatic rings. The van der Waals surface area contributed by atoms with Gasteiger partial charge in [-0.05, 0) is 36.4 Å². The summed E-state index contributed by atoms with van der Waals surface area (Å²) in [4.78, 5) is 22.7. The van der Waals surface area contributed by atoms with Gasteiger partial charge in [-0.25, -0.2) is 9.18 Å². The monoisotopic (exact) mass is 275 g/mol. The third kappa shape index (κ3) is 2.92. The fraction of sp³-hybridized carbons (Fsp3) is 0. The number of aromatic carboxylic acids is 1. The highest BCUT2D eigenvalue weighted by Crippen LogP contribution is 2.24. The molecule has 1 amide bonds. The van der Waals surface area contributed by atoms with E-state index in [-0.39, 0.29) is 22.6 Å². The average Bonchev–Trinajstić information content (AvgIpc) is 2.41. The van der Waals surface area contributed by atoms with Crippen LogP contribution in [0.1, 0.15) is 20.7 Å². The van der Waals surface area contributed by atoms with Crippen molar-refractivity contribution in [2.45, 2.75) is 0 Å². The van der Waals surface area contributed by atoms with Crippen LogP contribution in [0.3, 0.4) is 0 Å². The number of phenols is 1. The van der Waals surface area contributed by atoms with Crippen LogP contribution in [0.15, 0.2) is 42.5 Å². The van der Waals surface area contributed by atoms with Gasteiger partial charge in [-0.3, -0.25) is 4.79 Å². The Morgan fingerprint density at radius 1 is 1.05 bits per heavy atom. The molecular weight excluding hydrogens is 265 g/mol. The van der Waals surface area contributed by atoms with E-state index in [9.17, 15) is 19.1 Å². The SMILES string of the molecule is O=C(O)c1ccc(O)c(NC(=O)c2cccc(F)c2)c1. The van der Waals surface area contributed by atoms with E-state index in [0.717, 1.165) is 18.2 Å². The number of rotatable bonds is 3. The molecule has 20 heavy (non-hydrogen) atoms. The third-order valence-corrected chi connectivity index (χ3v) is 2.58. The van der Waals surface area contributed by atoms with Gasteiger partial charge in [0, 0.05) is 5.56 Å². The molecule has 0 unspecified atom stereocenters. The molecule has 0 spiro atoms. The number of carboxylic acids is 1. The van der Waals surface area contributed by atoms with Crippen LogP contribution in [-0.4, -0.2) is 22.1 Å². The Kier molecular flexibility index (Phi) is 3.65. The highest BCUT2D eigenvalue weighted by molar-refractivity contribution is 6.05. The first-order chi connectivity index (χ1) is 9.47. The molecule has 0 atom stereocenters. The average molecular weight is 275 g/mol. The Hall–Kier alpha value is -2.89. The summed E-state index contributed by atoms with van der Waals surface area (Å²) >= 11 is 0. The molecule has 0 radical (unpaired) electrons. The number of amides is 1. The zero-order valence-corrected chi connectivity index (χ0v) is 10.1. The van der Waals surface area contributed by atoms with Crippen LogP contribution in [0.2, 0.25) is 0 Å². The maximum Gasteiger partial charge on any atom is 0.335 e. The van der Waals surface area contributed by atoms with E-state index in [4.69, 9.17) is 5.11 Å². The largest absolute Gasteiger partial charge is 0.506 e. The van der Waals surface area contributed by atoms with Crippen molar-refractivity contribution in [3.05, 3.63) is 59.4 Å². The lowest BCUT2D eigenvalue weighted by Gasteiger charge is -2.08. The fourth-order valence-electron chi connectivity index (χ4n) is 1.59. The number of hydrogen-bond donors (Lipinski definition) is 3. The number of carboxylic acid groups (broad SMARTS) is 1. The van der Waals surface area contributed by atoms with Crippen molar-refractivity contribution >= 4 is 17.6 Å². The van der Waals surface area contributed by atoms with Crippen molar-refractivity contribution in [3.63, 3.8) is 0 Å². The van der Waals surface area contributed by atoms with E-state index >= 15 is 0 Å². The highest BCUT2D eigenvalue weighted by Gasteiger charge is 2.12. The topological polar surface area (TPSA) is 86.6 Å². The molecule has 2 aromatic carbocycles. The van der Waals surface area contributed by atoms with E-state index in [0.29, 0.717) is 0 Å². The number of halogens is 1. The second-order valence-corrected chi connectivity index (χ2v) is 4.00. The molecule has 6 heteroatoms. The molecule has 5 nitrogen and oxygen atoms in total. The summed E-state index contributed by atoms with van der Waals surface area (Å²) in [5, 5.41) is 20.8. The van der Waals surface area contributed by atoms with Gasteiger partial charge < -0.3 is 15.5 Å². The Morgan fingerprint density at radius 2 is 1.80 bits per heavy atom. The number of benzene rings is 2. The molecule has 102 valence electrons. The number of carbonyl (C=O) groups is 2. The molecule has 3 N–H and O–H groups in total. The Balaban J connectivity index is 2.27. The van der Waals surface area contributed by atoms with Crippen LogP contribution in [0.4, 0.5) is 10.1 Å². The predicted octanol–water partition coefficient (Wildman–Crippen LogP) is 2.48. The molecule has 0 fully saturated rings. The molecule has 0 aliphatic heterocycles. The molecule has 2 aromatic rings. The number of aromatic hydroxyl groups is 1. The summed E-state index contributed by atoms with van der Waals surface area (Å²) in [6, 6.07) is 8.48. The van der Waals surface area contributed by atoms with Gasteiger partial charge in [0.2, 0.25) is 0 Å². The van der Waals surface area contributed by atoms with E-state index in [1.54, 1.807) is 0 Å². The van der Waals surface area contributed by atoms with Crippen molar-refractivity contribution in [1.29, 1.82) is 0 Å². The summed E-state index contributed by atoms with van der Waals surface area (Å²) in [6.45, 7) is 0. The number of carbonyl (C=O) groups excluding carboxylic acids is 1. The molecule has 0 saturated heterocycles. The van der Waals surface area contributed by atoms with Gasteiger partial charge >= 0.3 is 5.97 Å². The van der Waals surface area contributed by atoms with Gasteiger partial charge in [0.25, 0.3) is 5.91 Å². The zero-order chi connectivity index (χ0) is 14.7. The lowest BCUT2D eigenvalue weighted by molar-refractivity contribution is 0.0696. The Bertz CT molecular complexity index is 685. The van der Waals surface area contributed by atoms with Gasteiger partial charge in [-0.15, -0.1) is 0 Å². The van der Waals surface area contributed by atoms with Crippen molar-refractivity contribution in [3.8, 4) is 5.75 Å². The first-order valence-electron chi connectivity index (χ1n) is 5.60. The maximum absolute atomic E-state index is 13.0. The van der Waals surface area contributed by atoms with E-state index in [1.165, 1.54) is 24.3 Å². The number of hydrogen-bond acceptors (Lipinski definition) is 3. The van der Waals surface area contributed by atoms with Gasteiger partial charge in [0.1, 0.15) is 11.6 Å². The van der Waals surface area contributed by atoms with Crippen molar-refractivity contribution in [2.24, 2.45) is 0 Å². The Labute approximate surface area is 113 Å². The van der Waals surface area contributed by atoms with Crippen LogP contribution in [0, 0.1) is 5.82 Å². The Morgan fingerprint density at radius 3 is 2.45 bits per heavy atom. The van der Waals surface area contributed by atoms with E-state index < -0.39 is 17.7 Å². The van der Waals surface area contributed by atoms with Crippen LogP contribution in [0.5, 0.6) is 5.75 Å². The minimum Gasteiger partial charge on any atom is -0.506 e. The second-order valence-electron chi connectivity index (χ2n) is 4.00. The fourth-order valence-corrected chi connectivity index (χ4v) is 1.59. The molecule has 2 rings (SSSR count). The van der Waals surface area contributed by atoms with Crippen LogP contribution >= 0.6 is 0 Å². The standard InChI is InChI=1S/C14H10FNO4/c15-10-3-1-2-8(6-10)13(18)16-11-7-9(14(19)20)4-5-12(11)17/h1-7,17H,(H,16,18)(H,19,20). The molecule has 0 bridgehead atoms. The molecule has 0 heterocycles. The number of anilines is 1. The first-order valence-corrected chi connectivity index (χ1v) is 5.60. The minimum atomic E-state index is -1.19. The van der Waals surface area contributed by atoms with E-state index in [2.05, 4.69) is 5.32 Å². The van der Waals surface area contributed by atoms with Gasteiger partial charge in [0.05, 0.1) is 11.3 Å². The second kappa shape index (κ2) is 5.40. The summed E-state index contributed by atoms with van der Waals surface area (Å²) in [7, 11) is 0. The zero-order valence-electron chi connectivity index (χ0n) is 10.1. The summed E-state index contributed by atoms with van der Waals surface area (Å²) in [5.74, 6) is -2.69. The minimum absolute atomic E-state index is 0.0563.